The van der Waals surface area contributed by atoms with Gasteiger partial charge < -0.3 is 19.3 Å². The number of nitrogens with zero attached hydrogens (tertiary/aromatic N) is 1. The van der Waals surface area contributed by atoms with Gasteiger partial charge in [-0.1, -0.05) is 0 Å². The first-order chi connectivity index (χ1) is 9.82. The van der Waals surface area contributed by atoms with Gasteiger partial charge in [-0.2, -0.15) is 0 Å². The minimum atomic E-state index is -0.873. The lowest BCUT2D eigenvalue weighted by atomic mass is 10.1. The van der Waals surface area contributed by atoms with Crippen molar-refractivity contribution in [2.45, 2.75) is 44.2 Å². The smallest absolute Gasteiger partial charge is 0.330 e. The van der Waals surface area contributed by atoms with Gasteiger partial charge in [-0.3, -0.25) is 14.3 Å². The second-order valence-electron chi connectivity index (χ2n) is 5.25. The summed E-state index contributed by atoms with van der Waals surface area (Å²) in [6.07, 6.45) is -1.56. The van der Waals surface area contributed by atoms with Crippen molar-refractivity contribution in [1.29, 1.82) is 0 Å². The Morgan fingerprint density at radius 1 is 1.45 bits per heavy atom. The summed E-state index contributed by atoms with van der Waals surface area (Å²) in [6, 6.07) is -0.361. The average Bonchev–Trinajstić information content (AvgIpc) is 2.87. The van der Waals surface area contributed by atoms with E-state index in [-0.39, 0.29) is 12.6 Å². The van der Waals surface area contributed by atoms with Gasteiger partial charge in [-0.25, -0.2) is 4.79 Å². The molecular formula is C12H16N2O6. The lowest BCUT2D eigenvalue weighted by Crippen LogP contribution is -2.37. The molecule has 1 aromatic heterocycles. The molecular weight excluding hydrogens is 268 g/mol. The van der Waals surface area contributed by atoms with Crippen LogP contribution in [0, 0.1) is 0 Å². The van der Waals surface area contributed by atoms with E-state index in [4.69, 9.17) is 15.6 Å². The number of rotatable bonds is 2. The van der Waals surface area contributed by atoms with Gasteiger partial charge in [0.05, 0.1) is 7.98 Å². The monoisotopic (exact) mass is 285 g/mol. The highest BCUT2D eigenvalue weighted by atomic mass is 16.8. The third-order valence-electron chi connectivity index (χ3n) is 3.37. The van der Waals surface area contributed by atoms with Crippen LogP contribution in [-0.4, -0.2) is 45.4 Å². The largest absolute Gasteiger partial charge is 0.394 e. The zero-order chi connectivity index (χ0) is 15.4. The Kier molecular flexibility index (Phi) is 2.77. The zero-order valence-corrected chi connectivity index (χ0v) is 11.0. The van der Waals surface area contributed by atoms with Gasteiger partial charge in [0.1, 0.15) is 18.3 Å². The molecule has 0 bridgehead atoms. The van der Waals surface area contributed by atoms with E-state index in [0.717, 1.165) is 10.8 Å². The van der Waals surface area contributed by atoms with E-state index in [1.807, 2.05) is 4.98 Å². The van der Waals surface area contributed by atoms with Crippen LogP contribution in [0.25, 0.3) is 0 Å². The van der Waals surface area contributed by atoms with Crippen LogP contribution >= 0.6 is 0 Å². The number of aromatic amines is 1. The van der Waals surface area contributed by atoms with Crippen molar-refractivity contribution in [1.82, 2.24) is 9.55 Å². The van der Waals surface area contributed by atoms with E-state index in [9.17, 15) is 14.7 Å². The van der Waals surface area contributed by atoms with Gasteiger partial charge in [0.15, 0.2) is 12.0 Å². The molecule has 3 rings (SSSR count). The number of nitrogens with one attached hydrogen (secondary N) is 1. The van der Waals surface area contributed by atoms with E-state index in [1.54, 1.807) is 13.8 Å². The molecule has 0 spiro atoms. The molecule has 0 aromatic carbocycles. The molecule has 0 aliphatic carbocycles. The predicted octanol–water partition coefficient (Wildman–Crippen LogP) is -1.05. The molecule has 3 heterocycles. The van der Waals surface area contributed by atoms with Gasteiger partial charge in [0.2, 0.25) is 0 Å². The lowest BCUT2D eigenvalue weighted by Gasteiger charge is -2.24. The van der Waals surface area contributed by atoms with Gasteiger partial charge in [-0.15, -0.1) is 0 Å². The summed E-state index contributed by atoms with van der Waals surface area (Å²) in [5, 5.41) is 9.37. The highest BCUT2D eigenvalue weighted by Gasteiger charge is 2.55. The predicted molar refractivity (Wildman–Crippen MR) is 66.1 cm³/mol. The summed E-state index contributed by atoms with van der Waals surface area (Å²) in [4.78, 5) is 25.2. The minimum Gasteiger partial charge on any atom is -0.394 e. The lowest BCUT2D eigenvalue weighted by molar-refractivity contribution is -0.200. The summed E-state index contributed by atoms with van der Waals surface area (Å²) in [5.41, 5.74) is -1.47. The Bertz CT molecular complexity index is 668. The molecule has 2 saturated heterocycles. The summed E-state index contributed by atoms with van der Waals surface area (Å²) in [5.74, 6) is -0.861. The van der Waals surface area contributed by atoms with Crippen molar-refractivity contribution in [2.75, 3.05) is 6.61 Å². The van der Waals surface area contributed by atoms with Crippen molar-refractivity contribution in [3.05, 3.63) is 33.1 Å². The molecule has 0 unspecified atom stereocenters. The first kappa shape index (κ1) is 12.3. The topological polar surface area (TPSA) is 103 Å². The molecule has 0 radical (unpaired) electrons. The number of hydrogen-bond donors (Lipinski definition) is 2. The quantitative estimate of drug-likeness (QED) is 0.718. The molecule has 2 fully saturated rings. The fraction of sp³-hybridized carbons (Fsp3) is 0.667. The maximum absolute atomic E-state index is 11.9. The van der Waals surface area contributed by atoms with E-state index < -0.39 is 41.6 Å². The van der Waals surface area contributed by atoms with Crippen LogP contribution in [0.3, 0.4) is 0 Å². The zero-order valence-electron chi connectivity index (χ0n) is 12.0. The number of ether oxygens (including phenoxy) is 3. The Labute approximate surface area is 115 Å². The SMILES string of the molecule is [2H]c1cn([C@@H]2O[C@H](CO)[C@H]3OC(C)(C)O[C@H]32)c(=O)[nH]c1=O. The fourth-order valence-corrected chi connectivity index (χ4v) is 2.60. The highest BCUT2D eigenvalue weighted by molar-refractivity contribution is 4.98. The maximum atomic E-state index is 11.9. The van der Waals surface area contributed by atoms with E-state index in [1.165, 1.54) is 0 Å². The molecule has 8 heteroatoms. The van der Waals surface area contributed by atoms with Crippen LogP contribution in [0.5, 0.6) is 0 Å². The number of aliphatic hydroxyl groups excluding tert-OH is 1. The molecule has 0 saturated carbocycles. The molecule has 110 valence electrons. The number of fused-ring (bicyclic) bond motifs is 1. The van der Waals surface area contributed by atoms with Crippen LogP contribution in [0.4, 0.5) is 0 Å². The third-order valence-corrected chi connectivity index (χ3v) is 3.37. The Hall–Kier alpha value is -1.48. The van der Waals surface area contributed by atoms with Crippen LogP contribution < -0.4 is 11.2 Å². The van der Waals surface area contributed by atoms with Crippen LogP contribution in [0.1, 0.15) is 21.4 Å². The third kappa shape index (κ3) is 2.10. The standard InChI is InChI=1S/C12H16N2O6/c1-12(2)19-8-6(5-15)18-10(9(8)20-12)14-4-3-7(16)13-11(14)17/h3-4,6,8-10,15H,5H2,1-2H3,(H,13,16,17)/t6-,8-,9-,10-/m1/s1/i3D. The van der Waals surface area contributed by atoms with Crippen molar-refractivity contribution in [2.24, 2.45) is 0 Å². The second kappa shape index (κ2) is 4.52. The van der Waals surface area contributed by atoms with Gasteiger partial charge in [0.25, 0.3) is 5.56 Å². The Morgan fingerprint density at radius 2 is 2.15 bits per heavy atom. The number of aliphatic hydroxyl groups is 1. The van der Waals surface area contributed by atoms with Gasteiger partial charge >= 0.3 is 5.69 Å². The molecule has 1 aromatic rings. The van der Waals surface area contributed by atoms with E-state index >= 15 is 0 Å². The summed E-state index contributed by atoms with van der Waals surface area (Å²) >= 11 is 0. The number of hydrogen-bond acceptors (Lipinski definition) is 6. The van der Waals surface area contributed by atoms with E-state index in [0.29, 0.717) is 0 Å². The molecule has 2 N–H and O–H groups in total. The minimum absolute atomic E-state index is 0.289. The second-order valence-corrected chi connectivity index (χ2v) is 5.25. The number of H-pyrrole nitrogens is 1. The van der Waals surface area contributed by atoms with Crippen molar-refractivity contribution >= 4 is 0 Å². The summed E-state index contributed by atoms with van der Waals surface area (Å²) < 4.78 is 25.6. The number of aromatic nitrogens is 2. The van der Waals surface area contributed by atoms with Crippen LogP contribution in [-0.2, 0) is 14.2 Å². The molecule has 0 amide bonds. The molecule has 8 nitrogen and oxygen atoms in total. The highest BCUT2D eigenvalue weighted by Crippen LogP contribution is 2.42. The molecule has 2 aliphatic heterocycles. The van der Waals surface area contributed by atoms with Crippen molar-refractivity contribution in [3.63, 3.8) is 0 Å². The van der Waals surface area contributed by atoms with Gasteiger partial charge in [0, 0.05) is 12.2 Å². The molecule has 4 atom stereocenters. The average molecular weight is 285 g/mol. The Morgan fingerprint density at radius 3 is 2.85 bits per heavy atom. The van der Waals surface area contributed by atoms with Crippen molar-refractivity contribution in [3.8, 4) is 0 Å². The summed E-state index contributed by atoms with van der Waals surface area (Å²) in [7, 11) is 0. The Balaban J connectivity index is 2.01. The summed E-state index contributed by atoms with van der Waals surface area (Å²) in [6.45, 7) is 3.16. The first-order valence-corrected chi connectivity index (χ1v) is 6.26. The van der Waals surface area contributed by atoms with Gasteiger partial charge in [-0.05, 0) is 13.8 Å². The molecule has 2 aliphatic rings. The fourth-order valence-electron chi connectivity index (χ4n) is 2.60. The van der Waals surface area contributed by atoms with Crippen molar-refractivity contribution < 1.29 is 20.7 Å². The maximum Gasteiger partial charge on any atom is 0.330 e. The molecule has 20 heavy (non-hydrogen) atoms. The van der Waals surface area contributed by atoms with E-state index in [2.05, 4.69) is 0 Å². The first-order valence-electron chi connectivity index (χ1n) is 6.76. The van der Waals surface area contributed by atoms with Crippen LogP contribution in [0.15, 0.2) is 21.8 Å². The normalized spacial score (nSPS) is 35.9. The van der Waals surface area contributed by atoms with Crippen LogP contribution in [0.2, 0.25) is 0 Å².